The topological polar surface area (TPSA) is 73.0 Å². The summed E-state index contributed by atoms with van der Waals surface area (Å²) in [4.78, 5) is 14.3. The Balaban J connectivity index is 1.00. The molecule has 6 heterocycles. The molecule has 0 bridgehead atoms. The van der Waals surface area contributed by atoms with Crippen molar-refractivity contribution >= 4 is 38.3 Å². The van der Waals surface area contributed by atoms with Crippen molar-refractivity contribution in [2.75, 3.05) is 44.2 Å². The second kappa shape index (κ2) is 9.96. The average molecular weight is 580 g/mol. The van der Waals surface area contributed by atoms with Crippen LogP contribution >= 0.6 is 11.3 Å². The molecule has 0 saturated carbocycles. The molecule has 0 amide bonds. The normalized spacial score (nSPS) is 19.5. The first-order valence-electron chi connectivity index (χ1n) is 14.2. The fourth-order valence-corrected chi connectivity index (χ4v) is 7.82. The van der Waals surface area contributed by atoms with Gasteiger partial charge in [0.05, 0.1) is 11.8 Å². The third-order valence-electron chi connectivity index (χ3n) is 9.28. The fourth-order valence-electron chi connectivity index (χ4n) is 6.80. The van der Waals surface area contributed by atoms with Gasteiger partial charge in [0.2, 0.25) is 0 Å². The number of benzene rings is 1. The molecule has 3 saturated heterocycles. The number of piperidine rings is 1. The number of alkyl halides is 3. The van der Waals surface area contributed by atoms with Gasteiger partial charge in [-0.15, -0.1) is 11.3 Å². The van der Waals surface area contributed by atoms with Gasteiger partial charge in [-0.1, -0.05) is 6.07 Å². The van der Waals surface area contributed by atoms with Crippen molar-refractivity contribution in [3.05, 3.63) is 52.3 Å². The molecule has 1 N–H and O–H groups in total. The van der Waals surface area contributed by atoms with E-state index in [0.717, 1.165) is 99.0 Å². The number of nitriles is 1. The Bertz CT molecular complexity index is 1650. The molecule has 214 valence electrons. The number of fused-ring (bicyclic) bond motifs is 2. The highest BCUT2D eigenvalue weighted by Crippen LogP contribution is 2.45. The lowest BCUT2D eigenvalue weighted by Crippen LogP contribution is -2.60. The lowest BCUT2D eigenvalue weighted by Gasteiger charge is -2.54. The van der Waals surface area contributed by atoms with E-state index < -0.39 is 12.6 Å². The summed E-state index contributed by atoms with van der Waals surface area (Å²) in [6, 6.07) is 10.5. The van der Waals surface area contributed by atoms with Gasteiger partial charge in [0.15, 0.2) is 0 Å². The van der Waals surface area contributed by atoms with E-state index in [1.165, 1.54) is 22.8 Å². The van der Waals surface area contributed by atoms with E-state index in [-0.39, 0.29) is 10.3 Å². The number of aromatic nitrogens is 3. The molecule has 3 aliphatic rings. The smallest absolute Gasteiger partial charge is 0.355 e. The summed E-state index contributed by atoms with van der Waals surface area (Å²) in [7, 11) is 0. The number of likely N-dealkylation sites (tertiary alicyclic amines) is 1. The van der Waals surface area contributed by atoms with Crippen LogP contribution in [0.3, 0.4) is 0 Å². The maximum atomic E-state index is 12.9. The Morgan fingerprint density at radius 2 is 1.90 bits per heavy atom. The van der Waals surface area contributed by atoms with Crippen LogP contribution in [0.2, 0.25) is 0 Å². The van der Waals surface area contributed by atoms with Gasteiger partial charge in [-0.25, -0.2) is 9.97 Å². The highest BCUT2D eigenvalue weighted by molar-refractivity contribution is 7.18. The number of thiophene rings is 1. The van der Waals surface area contributed by atoms with Crippen LogP contribution in [0.25, 0.3) is 21.1 Å². The first-order chi connectivity index (χ1) is 19.7. The number of nitrogens with zero attached hydrogens (tertiary/aromatic N) is 6. The van der Waals surface area contributed by atoms with Crippen molar-refractivity contribution in [1.82, 2.24) is 24.8 Å². The Kier molecular flexibility index (Phi) is 6.48. The van der Waals surface area contributed by atoms with E-state index >= 15 is 0 Å². The van der Waals surface area contributed by atoms with Crippen LogP contribution < -0.4 is 10.2 Å². The Hall–Kier alpha value is -3.20. The quantitative estimate of drug-likeness (QED) is 0.336. The lowest BCUT2D eigenvalue weighted by atomic mass is 9.72. The molecule has 3 aliphatic heterocycles. The molecule has 11 heteroatoms. The summed E-state index contributed by atoms with van der Waals surface area (Å²) in [6.45, 7) is 9.75. The van der Waals surface area contributed by atoms with E-state index in [2.05, 4.69) is 60.8 Å². The van der Waals surface area contributed by atoms with E-state index in [1.807, 2.05) is 0 Å². The monoisotopic (exact) mass is 579 g/mol. The molecule has 0 aliphatic carbocycles. The molecule has 3 aromatic heterocycles. The van der Waals surface area contributed by atoms with Crippen molar-refractivity contribution in [2.24, 2.45) is 11.3 Å². The van der Waals surface area contributed by atoms with Crippen LogP contribution in [0.4, 0.5) is 19.0 Å². The lowest BCUT2D eigenvalue weighted by molar-refractivity contribution is -0.126. The fraction of sp³-hybridized carbons (Fsp3) is 0.500. The summed E-state index contributed by atoms with van der Waals surface area (Å²) in [5, 5.41) is 15.0. The number of anilines is 1. The number of hydrogen-bond acceptors (Lipinski definition) is 7. The SMILES string of the molecule is Cc1c(CN2CCC3(CC2)CN(c2ncnc4sc(CC(F)(F)F)cc24)C3)ccc2c1cc(C#N)n2CC1CNC1. The molecule has 0 radical (unpaired) electrons. The highest BCUT2D eigenvalue weighted by atomic mass is 32.1. The zero-order valence-corrected chi connectivity index (χ0v) is 23.8. The van der Waals surface area contributed by atoms with Crippen molar-refractivity contribution < 1.29 is 13.2 Å². The standard InChI is InChI=1S/C30H32F3N7S/c1-19-21(2-3-26-24(19)8-22(11-34)40(26)14-20-12-35-13-20)15-38-6-4-29(5-7-38)16-39(17-29)27-25-9-23(10-30(31,32)33)41-28(25)37-18-36-27/h2-3,8-9,18,20,35H,4-7,10,12-17H2,1H3. The van der Waals surface area contributed by atoms with E-state index in [1.54, 1.807) is 6.07 Å². The molecule has 1 spiro atoms. The number of aryl methyl sites for hydroxylation is 1. The molecular weight excluding hydrogens is 547 g/mol. The molecule has 1 aromatic carbocycles. The van der Waals surface area contributed by atoms with Crippen LogP contribution in [0, 0.1) is 29.6 Å². The second-order valence-corrected chi connectivity index (χ2v) is 13.2. The van der Waals surface area contributed by atoms with E-state index in [4.69, 9.17) is 0 Å². The number of nitrogens with one attached hydrogen (secondary N) is 1. The van der Waals surface area contributed by atoms with Crippen LogP contribution in [-0.2, 0) is 19.5 Å². The van der Waals surface area contributed by atoms with E-state index in [9.17, 15) is 18.4 Å². The van der Waals surface area contributed by atoms with Crippen molar-refractivity contribution in [3.63, 3.8) is 0 Å². The first-order valence-corrected chi connectivity index (χ1v) is 15.0. The molecule has 7 nitrogen and oxygen atoms in total. The van der Waals surface area contributed by atoms with Crippen molar-refractivity contribution in [3.8, 4) is 6.07 Å². The summed E-state index contributed by atoms with van der Waals surface area (Å²) in [5.41, 5.74) is 4.69. The maximum Gasteiger partial charge on any atom is 0.393 e. The molecule has 0 atom stereocenters. The number of hydrogen-bond donors (Lipinski definition) is 1. The minimum absolute atomic E-state index is 0.229. The minimum atomic E-state index is -4.23. The second-order valence-electron chi connectivity index (χ2n) is 12.1. The van der Waals surface area contributed by atoms with Crippen LogP contribution in [0.5, 0.6) is 0 Å². The first kappa shape index (κ1) is 26.7. The number of rotatable bonds is 6. The molecule has 41 heavy (non-hydrogen) atoms. The molecule has 4 aromatic rings. The van der Waals surface area contributed by atoms with Gasteiger partial charge < -0.3 is 14.8 Å². The Morgan fingerprint density at radius 1 is 1.12 bits per heavy atom. The zero-order valence-electron chi connectivity index (χ0n) is 23.0. The molecule has 7 rings (SSSR count). The van der Waals surface area contributed by atoms with Gasteiger partial charge >= 0.3 is 6.18 Å². The summed E-state index contributed by atoms with van der Waals surface area (Å²) in [6.07, 6.45) is -1.51. The maximum absolute atomic E-state index is 12.9. The predicted octanol–water partition coefficient (Wildman–Crippen LogP) is 5.25. The largest absolute Gasteiger partial charge is 0.393 e. The summed E-state index contributed by atoms with van der Waals surface area (Å²) < 4.78 is 41.0. The van der Waals surface area contributed by atoms with Gasteiger partial charge in [0.1, 0.15) is 28.7 Å². The number of halogens is 3. The zero-order chi connectivity index (χ0) is 28.4. The predicted molar refractivity (Wildman–Crippen MR) is 154 cm³/mol. The van der Waals surface area contributed by atoms with Gasteiger partial charge in [-0.2, -0.15) is 18.4 Å². The summed E-state index contributed by atoms with van der Waals surface area (Å²) in [5.74, 6) is 1.34. The molecule has 0 unspecified atom stereocenters. The van der Waals surface area contributed by atoms with Gasteiger partial charge in [-0.3, -0.25) is 4.90 Å². The van der Waals surface area contributed by atoms with E-state index in [0.29, 0.717) is 10.7 Å². The Labute approximate surface area is 240 Å². The van der Waals surface area contributed by atoms with Crippen molar-refractivity contribution in [1.29, 1.82) is 5.26 Å². The molecular formula is C30H32F3N7S. The van der Waals surface area contributed by atoms with Gasteiger partial charge in [0, 0.05) is 66.4 Å². The van der Waals surface area contributed by atoms with Gasteiger partial charge in [-0.05, 0) is 62.2 Å². The van der Waals surface area contributed by atoms with Crippen LogP contribution in [-0.4, -0.2) is 64.9 Å². The highest BCUT2D eigenvalue weighted by Gasteiger charge is 2.46. The van der Waals surface area contributed by atoms with Crippen LogP contribution in [0.1, 0.15) is 34.5 Å². The minimum Gasteiger partial charge on any atom is -0.355 e. The third-order valence-corrected chi connectivity index (χ3v) is 10.3. The molecule has 3 fully saturated rings. The van der Waals surface area contributed by atoms with Crippen molar-refractivity contribution in [2.45, 2.75) is 45.5 Å². The van der Waals surface area contributed by atoms with Gasteiger partial charge in [0.25, 0.3) is 0 Å². The Morgan fingerprint density at radius 3 is 2.59 bits per heavy atom. The third kappa shape index (κ3) is 4.96. The summed E-state index contributed by atoms with van der Waals surface area (Å²) >= 11 is 1.11. The average Bonchev–Trinajstić information content (AvgIpc) is 3.46. The van der Waals surface area contributed by atoms with Crippen LogP contribution in [0.15, 0.2) is 30.6 Å².